The van der Waals surface area contributed by atoms with Crippen molar-refractivity contribution in [3.8, 4) is 0 Å². The van der Waals surface area contributed by atoms with E-state index < -0.39 is 0 Å². The quantitative estimate of drug-likeness (QED) is 0.813. The van der Waals surface area contributed by atoms with Gasteiger partial charge in [0, 0.05) is 11.4 Å². The van der Waals surface area contributed by atoms with Gasteiger partial charge in [-0.3, -0.25) is 4.79 Å². The number of hydrogen-bond donors (Lipinski definition) is 1. The summed E-state index contributed by atoms with van der Waals surface area (Å²) in [6.45, 7) is 2.67. The second-order valence-corrected chi connectivity index (χ2v) is 7.48. The highest BCUT2D eigenvalue weighted by molar-refractivity contribution is 8.00. The molecule has 1 atom stereocenters. The fraction of sp³-hybridized carbons (Fsp3) is 0.350. The lowest BCUT2D eigenvalue weighted by Gasteiger charge is -2.13. The number of benzene rings is 2. The van der Waals surface area contributed by atoms with Gasteiger partial charge in [0.05, 0.1) is 5.25 Å². The van der Waals surface area contributed by atoms with E-state index >= 15 is 0 Å². The second kappa shape index (κ2) is 7.69. The van der Waals surface area contributed by atoms with E-state index in [2.05, 4.69) is 35.6 Å². The van der Waals surface area contributed by atoms with Crippen LogP contribution in [0, 0.1) is 0 Å². The van der Waals surface area contributed by atoms with Gasteiger partial charge in [0.2, 0.25) is 5.91 Å². The van der Waals surface area contributed by atoms with Crippen molar-refractivity contribution < 1.29 is 4.79 Å². The number of carbonyl (C=O) groups excluding carboxylic acids is 1. The smallest absolute Gasteiger partial charge is 0.233 e. The second-order valence-electron chi connectivity index (χ2n) is 6.07. The number of fused-ring (bicyclic) bond motifs is 1. The predicted octanol–water partition coefficient (Wildman–Crippen LogP) is 4.01. The number of rotatable bonds is 6. The molecule has 0 spiro atoms. The van der Waals surface area contributed by atoms with Crippen LogP contribution < -0.4 is 5.32 Å². The zero-order chi connectivity index (χ0) is 16.1. The molecule has 120 valence electrons. The lowest BCUT2D eigenvalue weighted by atomic mass is 10.1. The van der Waals surface area contributed by atoms with Gasteiger partial charge in [0.1, 0.15) is 0 Å². The topological polar surface area (TPSA) is 29.1 Å². The van der Waals surface area contributed by atoms with Crippen molar-refractivity contribution in [2.45, 2.75) is 42.8 Å². The summed E-state index contributed by atoms with van der Waals surface area (Å²) in [4.78, 5) is 13.4. The van der Waals surface area contributed by atoms with Crippen molar-refractivity contribution in [3.05, 3.63) is 65.2 Å². The van der Waals surface area contributed by atoms with E-state index in [1.165, 1.54) is 40.8 Å². The highest BCUT2D eigenvalue weighted by Crippen LogP contribution is 2.29. The molecule has 2 aromatic rings. The maximum atomic E-state index is 12.2. The maximum absolute atomic E-state index is 12.2. The molecule has 1 amide bonds. The average molecular weight is 325 g/mol. The van der Waals surface area contributed by atoms with E-state index in [-0.39, 0.29) is 11.2 Å². The number of hydrogen-bond acceptors (Lipinski definition) is 2. The average Bonchev–Trinajstić information content (AvgIpc) is 3.03. The monoisotopic (exact) mass is 325 g/mol. The number of aryl methyl sites for hydroxylation is 2. The third-order valence-electron chi connectivity index (χ3n) is 4.31. The van der Waals surface area contributed by atoms with E-state index in [9.17, 15) is 4.79 Å². The lowest BCUT2D eigenvalue weighted by Crippen LogP contribution is -2.32. The van der Waals surface area contributed by atoms with Gasteiger partial charge in [-0.05, 0) is 61.4 Å². The Balaban J connectivity index is 1.47. The Bertz CT molecular complexity index is 669. The fourth-order valence-corrected chi connectivity index (χ4v) is 3.95. The highest BCUT2D eigenvalue weighted by Gasteiger charge is 2.16. The van der Waals surface area contributed by atoms with Gasteiger partial charge in [-0.15, -0.1) is 11.8 Å². The van der Waals surface area contributed by atoms with E-state index in [1.54, 1.807) is 11.8 Å². The number of amides is 1. The molecule has 2 aromatic carbocycles. The Morgan fingerprint density at radius 2 is 1.91 bits per heavy atom. The van der Waals surface area contributed by atoms with Crippen LogP contribution >= 0.6 is 11.8 Å². The molecule has 0 fully saturated rings. The SMILES string of the molecule is C[C@H](Sc1ccc2c(c1)CCC2)C(=O)NCCc1ccccc1. The van der Waals surface area contributed by atoms with Gasteiger partial charge in [0.25, 0.3) is 0 Å². The van der Waals surface area contributed by atoms with Crippen LogP contribution in [-0.2, 0) is 24.1 Å². The molecule has 1 aliphatic rings. The molecule has 1 N–H and O–H groups in total. The molecule has 0 aliphatic heterocycles. The Morgan fingerprint density at radius 3 is 2.74 bits per heavy atom. The molecule has 0 bridgehead atoms. The zero-order valence-corrected chi connectivity index (χ0v) is 14.4. The summed E-state index contributed by atoms with van der Waals surface area (Å²) in [5.74, 6) is 0.117. The molecule has 2 nitrogen and oxygen atoms in total. The van der Waals surface area contributed by atoms with Crippen molar-refractivity contribution in [2.24, 2.45) is 0 Å². The normalized spacial score (nSPS) is 14.3. The summed E-state index contributed by atoms with van der Waals surface area (Å²) in [6.07, 6.45) is 4.53. The summed E-state index contributed by atoms with van der Waals surface area (Å²) < 4.78 is 0. The first-order valence-electron chi connectivity index (χ1n) is 8.32. The van der Waals surface area contributed by atoms with Gasteiger partial charge in [-0.25, -0.2) is 0 Å². The van der Waals surface area contributed by atoms with E-state index in [0.29, 0.717) is 6.54 Å². The molecule has 3 heteroatoms. The maximum Gasteiger partial charge on any atom is 0.233 e. The molecule has 0 aromatic heterocycles. The summed E-state index contributed by atoms with van der Waals surface area (Å²) in [6, 6.07) is 16.9. The molecule has 1 aliphatic carbocycles. The molecule has 0 heterocycles. The van der Waals surface area contributed by atoms with Crippen LogP contribution in [0.1, 0.15) is 30.0 Å². The van der Waals surface area contributed by atoms with Crippen LogP contribution in [0.15, 0.2) is 53.4 Å². The largest absolute Gasteiger partial charge is 0.355 e. The number of nitrogens with one attached hydrogen (secondary N) is 1. The van der Waals surface area contributed by atoms with Crippen LogP contribution in [-0.4, -0.2) is 17.7 Å². The first-order chi connectivity index (χ1) is 11.2. The van der Waals surface area contributed by atoms with Crippen molar-refractivity contribution in [2.75, 3.05) is 6.54 Å². The van der Waals surface area contributed by atoms with Gasteiger partial charge >= 0.3 is 0 Å². The molecule has 23 heavy (non-hydrogen) atoms. The van der Waals surface area contributed by atoms with Crippen LogP contribution in [0.3, 0.4) is 0 Å². The standard InChI is InChI=1S/C20H23NOS/c1-15(20(22)21-13-12-16-6-3-2-4-7-16)23-19-11-10-17-8-5-9-18(17)14-19/h2-4,6-7,10-11,14-15H,5,8-9,12-13H2,1H3,(H,21,22)/t15-/m0/s1. The van der Waals surface area contributed by atoms with Crippen LogP contribution in [0.2, 0.25) is 0 Å². The lowest BCUT2D eigenvalue weighted by molar-refractivity contribution is -0.120. The third-order valence-corrected chi connectivity index (χ3v) is 5.40. The summed E-state index contributed by atoms with van der Waals surface area (Å²) in [5, 5.41) is 2.98. The summed E-state index contributed by atoms with van der Waals surface area (Å²) >= 11 is 1.65. The van der Waals surface area contributed by atoms with E-state index in [4.69, 9.17) is 0 Å². The molecular formula is C20H23NOS. The molecular weight excluding hydrogens is 302 g/mol. The van der Waals surface area contributed by atoms with Crippen LogP contribution in [0.5, 0.6) is 0 Å². The Kier molecular flexibility index (Phi) is 5.39. The minimum atomic E-state index is -0.0646. The molecule has 0 radical (unpaired) electrons. The zero-order valence-electron chi connectivity index (χ0n) is 13.5. The molecule has 0 saturated heterocycles. The van der Waals surface area contributed by atoms with Crippen molar-refractivity contribution in [1.82, 2.24) is 5.32 Å². The number of thioether (sulfide) groups is 1. The Hall–Kier alpha value is -1.74. The van der Waals surface area contributed by atoms with E-state index in [1.807, 2.05) is 25.1 Å². The Labute approximate surface area is 142 Å². The van der Waals surface area contributed by atoms with Crippen LogP contribution in [0.4, 0.5) is 0 Å². The van der Waals surface area contributed by atoms with E-state index in [0.717, 1.165) is 6.42 Å². The van der Waals surface area contributed by atoms with Gasteiger partial charge in [-0.2, -0.15) is 0 Å². The van der Waals surface area contributed by atoms with Crippen molar-refractivity contribution in [3.63, 3.8) is 0 Å². The minimum absolute atomic E-state index is 0.0646. The summed E-state index contributed by atoms with van der Waals surface area (Å²) in [7, 11) is 0. The summed E-state index contributed by atoms with van der Waals surface area (Å²) in [5.41, 5.74) is 4.20. The van der Waals surface area contributed by atoms with Gasteiger partial charge in [0.15, 0.2) is 0 Å². The minimum Gasteiger partial charge on any atom is -0.355 e. The van der Waals surface area contributed by atoms with Crippen LogP contribution in [0.25, 0.3) is 0 Å². The number of carbonyl (C=O) groups is 1. The highest BCUT2D eigenvalue weighted by atomic mass is 32.2. The van der Waals surface area contributed by atoms with Gasteiger partial charge < -0.3 is 5.32 Å². The predicted molar refractivity (Wildman–Crippen MR) is 96.9 cm³/mol. The first kappa shape index (κ1) is 16.1. The molecule has 0 unspecified atom stereocenters. The molecule has 0 saturated carbocycles. The van der Waals surface area contributed by atoms with Crippen molar-refractivity contribution >= 4 is 17.7 Å². The molecule has 3 rings (SSSR count). The first-order valence-corrected chi connectivity index (χ1v) is 9.20. The Morgan fingerprint density at radius 1 is 1.13 bits per heavy atom. The van der Waals surface area contributed by atoms with Gasteiger partial charge in [-0.1, -0.05) is 36.4 Å². The fourth-order valence-electron chi connectivity index (χ4n) is 3.00. The third kappa shape index (κ3) is 4.38. The van der Waals surface area contributed by atoms with Crippen molar-refractivity contribution in [1.29, 1.82) is 0 Å².